The Labute approximate surface area is 129 Å². The van der Waals surface area contributed by atoms with Gasteiger partial charge in [-0.25, -0.2) is 4.79 Å². The van der Waals surface area contributed by atoms with E-state index in [1.54, 1.807) is 18.5 Å². The highest BCUT2D eigenvalue weighted by atomic mass is 35.5. The van der Waals surface area contributed by atoms with Crippen molar-refractivity contribution in [3.63, 3.8) is 0 Å². The fraction of sp³-hybridized carbons (Fsp3) is 0.600. The molecular weight excluding hydrogens is 290 g/mol. The molecule has 1 aromatic heterocycles. The van der Waals surface area contributed by atoms with Crippen LogP contribution in [-0.4, -0.2) is 46.8 Å². The molecule has 0 spiro atoms. The number of amides is 1. The summed E-state index contributed by atoms with van der Waals surface area (Å²) in [5.41, 5.74) is 0.501. The Morgan fingerprint density at radius 1 is 1.38 bits per heavy atom. The molecule has 6 heteroatoms. The second-order valence-electron chi connectivity index (χ2n) is 6.66. The Morgan fingerprint density at radius 3 is 2.71 bits per heavy atom. The molecule has 1 aromatic rings. The zero-order chi connectivity index (χ0) is 15.2. The molecule has 1 amide bonds. The number of nitrogens with zero attached hydrogens (tertiary/aromatic N) is 3. The molecule has 2 atom stereocenters. The van der Waals surface area contributed by atoms with Gasteiger partial charge in [-0.05, 0) is 33.3 Å². The van der Waals surface area contributed by atoms with Crippen LogP contribution < -0.4 is 4.90 Å². The molecule has 0 saturated carbocycles. The molecule has 2 aliphatic rings. The lowest BCUT2D eigenvalue weighted by Crippen LogP contribution is -2.50. The molecule has 2 bridgehead atoms. The second kappa shape index (κ2) is 5.05. The molecule has 3 heterocycles. The zero-order valence-electron chi connectivity index (χ0n) is 12.5. The summed E-state index contributed by atoms with van der Waals surface area (Å²) in [6.07, 6.45) is 4.23. The highest BCUT2D eigenvalue weighted by Crippen LogP contribution is 2.37. The van der Waals surface area contributed by atoms with E-state index in [9.17, 15) is 4.79 Å². The van der Waals surface area contributed by atoms with Gasteiger partial charge in [-0.1, -0.05) is 11.6 Å². The van der Waals surface area contributed by atoms with Crippen LogP contribution in [0.3, 0.4) is 0 Å². The van der Waals surface area contributed by atoms with Crippen LogP contribution in [0.1, 0.15) is 27.2 Å². The minimum absolute atomic E-state index is 0.195. The number of pyridine rings is 1. The Bertz CT molecular complexity index is 558. The number of carbonyl (C=O) groups excluding carboxylic acids is 1. The van der Waals surface area contributed by atoms with E-state index in [2.05, 4.69) is 9.88 Å². The van der Waals surface area contributed by atoms with Gasteiger partial charge < -0.3 is 14.5 Å². The van der Waals surface area contributed by atoms with E-state index in [0.29, 0.717) is 17.6 Å². The van der Waals surface area contributed by atoms with Gasteiger partial charge in [-0.15, -0.1) is 0 Å². The molecule has 0 unspecified atom stereocenters. The van der Waals surface area contributed by atoms with E-state index in [0.717, 1.165) is 18.7 Å². The number of fused-ring (bicyclic) bond motifs is 2. The highest BCUT2D eigenvalue weighted by Gasteiger charge is 2.46. The summed E-state index contributed by atoms with van der Waals surface area (Å²) in [6.45, 7) is 7.14. The van der Waals surface area contributed by atoms with Crippen molar-refractivity contribution in [2.75, 3.05) is 18.0 Å². The van der Waals surface area contributed by atoms with E-state index in [1.807, 2.05) is 25.7 Å². The van der Waals surface area contributed by atoms with Crippen molar-refractivity contribution in [1.82, 2.24) is 9.88 Å². The van der Waals surface area contributed by atoms with Gasteiger partial charge in [-0.3, -0.25) is 4.98 Å². The monoisotopic (exact) mass is 309 g/mol. The Morgan fingerprint density at radius 2 is 2.14 bits per heavy atom. The largest absolute Gasteiger partial charge is 0.444 e. The summed E-state index contributed by atoms with van der Waals surface area (Å²) >= 11 is 6.24. The van der Waals surface area contributed by atoms with Crippen LogP contribution in [0.2, 0.25) is 5.02 Å². The number of rotatable bonds is 1. The Kier molecular flexibility index (Phi) is 3.48. The van der Waals surface area contributed by atoms with Gasteiger partial charge in [0.15, 0.2) is 0 Å². The normalized spacial score (nSPS) is 24.6. The minimum atomic E-state index is -0.453. The number of halogens is 1. The Balaban J connectivity index is 1.70. The minimum Gasteiger partial charge on any atom is -0.444 e. The van der Waals surface area contributed by atoms with Crippen LogP contribution in [0, 0.1) is 0 Å². The lowest BCUT2D eigenvalue weighted by Gasteiger charge is -2.36. The predicted octanol–water partition coefficient (Wildman–Crippen LogP) is 2.93. The molecule has 114 valence electrons. The number of hydrogen-bond donors (Lipinski definition) is 0. The number of ether oxygens (including phenoxy) is 1. The maximum atomic E-state index is 12.2. The maximum absolute atomic E-state index is 12.2. The highest BCUT2D eigenvalue weighted by molar-refractivity contribution is 6.33. The smallest absolute Gasteiger partial charge is 0.410 e. The molecule has 5 nitrogen and oxygen atoms in total. The molecule has 2 saturated heterocycles. The van der Waals surface area contributed by atoms with Crippen molar-refractivity contribution in [3.05, 3.63) is 23.5 Å². The predicted molar refractivity (Wildman–Crippen MR) is 81.7 cm³/mol. The summed E-state index contributed by atoms with van der Waals surface area (Å²) in [6, 6.07) is 2.29. The van der Waals surface area contributed by atoms with Crippen molar-refractivity contribution in [2.45, 2.75) is 44.9 Å². The first-order valence-electron chi connectivity index (χ1n) is 7.21. The zero-order valence-corrected chi connectivity index (χ0v) is 13.3. The number of aromatic nitrogens is 1. The van der Waals surface area contributed by atoms with E-state index in [-0.39, 0.29) is 12.1 Å². The fourth-order valence-electron chi connectivity index (χ4n) is 3.09. The summed E-state index contributed by atoms with van der Waals surface area (Å²) in [4.78, 5) is 20.4. The van der Waals surface area contributed by atoms with Crippen molar-refractivity contribution < 1.29 is 9.53 Å². The van der Waals surface area contributed by atoms with Gasteiger partial charge in [0.25, 0.3) is 0 Å². The first-order chi connectivity index (χ1) is 9.85. The van der Waals surface area contributed by atoms with Gasteiger partial charge in [0.2, 0.25) is 0 Å². The van der Waals surface area contributed by atoms with Gasteiger partial charge in [0.1, 0.15) is 5.60 Å². The fourth-order valence-corrected chi connectivity index (χ4v) is 3.30. The summed E-state index contributed by atoms with van der Waals surface area (Å²) < 4.78 is 5.47. The van der Waals surface area contributed by atoms with Crippen molar-refractivity contribution in [1.29, 1.82) is 0 Å². The van der Waals surface area contributed by atoms with Crippen LogP contribution >= 0.6 is 11.6 Å². The van der Waals surface area contributed by atoms with Crippen LogP contribution in [-0.2, 0) is 4.74 Å². The number of anilines is 1. The summed E-state index contributed by atoms with van der Waals surface area (Å²) in [5.74, 6) is 0. The molecule has 0 aliphatic carbocycles. The van der Waals surface area contributed by atoms with Crippen molar-refractivity contribution in [2.24, 2.45) is 0 Å². The van der Waals surface area contributed by atoms with E-state index < -0.39 is 5.60 Å². The van der Waals surface area contributed by atoms with E-state index >= 15 is 0 Å². The van der Waals surface area contributed by atoms with Gasteiger partial charge in [0.05, 0.1) is 22.9 Å². The molecule has 0 N–H and O–H groups in total. The average molecular weight is 310 g/mol. The first kappa shape index (κ1) is 14.4. The lowest BCUT2D eigenvalue weighted by molar-refractivity contribution is 0.0215. The maximum Gasteiger partial charge on any atom is 0.410 e. The second-order valence-corrected chi connectivity index (χ2v) is 7.06. The number of piperazine rings is 1. The molecule has 3 rings (SSSR count). The first-order valence-corrected chi connectivity index (χ1v) is 7.59. The van der Waals surface area contributed by atoms with Gasteiger partial charge in [-0.2, -0.15) is 0 Å². The Hall–Kier alpha value is -1.49. The lowest BCUT2D eigenvalue weighted by atomic mass is 10.2. The summed E-state index contributed by atoms with van der Waals surface area (Å²) in [5, 5.41) is 0.710. The number of carbonyl (C=O) groups is 1. The van der Waals surface area contributed by atoms with E-state index in [1.165, 1.54) is 0 Å². The topological polar surface area (TPSA) is 45.7 Å². The molecule has 2 fully saturated rings. The quantitative estimate of drug-likeness (QED) is 0.800. The standard InChI is InChI=1S/C15H20ClN3O2/c1-15(2,3)21-14(20)19-9-10-6-11(19)8-18(10)13-7-17-5-4-12(13)16/h4-5,7,10-11H,6,8-9H2,1-3H3/t10-,11-/m0/s1. The molecular formula is C15H20ClN3O2. The van der Waals surface area contributed by atoms with Crippen LogP contribution in [0.15, 0.2) is 18.5 Å². The van der Waals surface area contributed by atoms with Crippen molar-refractivity contribution in [3.8, 4) is 0 Å². The number of hydrogen-bond acceptors (Lipinski definition) is 4. The van der Waals surface area contributed by atoms with Crippen LogP contribution in [0.4, 0.5) is 10.5 Å². The third-order valence-corrected chi connectivity index (χ3v) is 4.25. The van der Waals surface area contributed by atoms with Crippen LogP contribution in [0.5, 0.6) is 0 Å². The summed E-state index contributed by atoms with van der Waals surface area (Å²) in [7, 11) is 0. The molecule has 0 radical (unpaired) electrons. The van der Waals surface area contributed by atoms with Gasteiger partial charge in [0, 0.05) is 25.3 Å². The SMILES string of the molecule is CC(C)(C)OC(=O)N1C[C@@H]2C[C@H]1CN2c1cnccc1Cl. The third kappa shape index (κ3) is 2.79. The molecule has 0 aromatic carbocycles. The number of likely N-dealkylation sites (tertiary alicyclic amines) is 1. The van der Waals surface area contributed by atoms with Crippen LogP contribution in [0.25, 0.3) is 0 Å². The molecule has 21 heavy (non-hydrogen) atoms. The van der Waals surface area contributed by atoms with Gasteiger partial charge >= 0.3 is 6.09 Å². The average Bonchev–Trinajstić information content (AvgIpc) is 2.96. The van der Waals surface area contributed by atoms with E-state index in [4.69, 9.17) is 16.3 Å². The third-order valence-electron chi connectivity index (χ3n) is 3.93. The molecule has 2 aliphatic heterocycles. The van der Waals surface area contributed by atoms with Crippen molar-refractivity contribution >= 4 is 23.4 Å².